The molecule has 2 heterocycles. The number of ether oxygens (including phenoxy) is 2. The van der Waals surface area contributed by atoms with Crippen LogP contribution in [0.5, 0.6) is 0 Å². The number of likely N-dealkylation sites (N-methyl/N-ethyl adjacent to an activating group) is 1. The molecule has 17 heavy (non-hydrogen) atoms. The number of nitrogens with one attached hydrogen (secondary N) is 1. The van der Waals surface area contributed by atoms with Gasteiger partial charge in [0, 0.05) is 38.5 Å². The zero-order valence-electron chi connectivity index (χ0n) is 10.4. The van der Waals surface area contributed by atoms with Crippen LogP contribution in [0.2, 0.25) is 0 Å². The molecule has 1 N–H and O–H groups in total. The van der Waals surface area contributed by atoms with Crippen molar-refractivity contribution >= 4 is 18.3 Å². The Hall–Kier alpha value is -0.360. The monoisotopic (exact) mass is 264 g/mol. The van der Waals surface area contributed by atoms with Crippen molar-refractivity contribution in [1.29, 1.82) is 0 Å². The lowest BCUT2D eigenvalue weighted by atomic mass is 9.82. The highest BCUT2D eigenvalue weighted by Gasteiger charge is 2.47. The van der Waals surface area contributed by atoms with Crippen LogP contribution < -0.4 is 5.32 Å². The number of rotatable bonds is 4. The summed E-state index contributed by atoms with van der Waals surface area (Å²) in [5, 5.41) is 3.37. The second-order valence-electron chi connectivity index (χ2n) is 4.99. The first kappa shape index (κ1) is 14.7. The number of halogens is 1. The number of carbonyl (C=O) groups is 1. The van der Waals surface area contributed by atoms with Crippen molar-refractivity contribution in [2.45, 2.75) is 0 Å². The number of hydrogen-bond acceptors (Lipinski definition) is 4. The number of nitrogens with zero attached hydrogens (tertiary/aromatic N) is 1. The number of fused-ring (bicyclic) bond motifs is 1. The normalized spacial score (nSPS) is 30.8. The third kappa shape index (κ3) is 3.10. The average Bonchev–Trinajstić information content (AvgIpc) is 2.75. The van der Waals surface area contributed by atoms with Gasteiger partial charge >= 0.3 is 0 Å². The van der Waals surface area contributed by atoms with Gasteiger partial charge in [-0.1, -0.05) is 0 Å². The number of hydrogen-bond donors (Lipinski definition) is 1. The van der Waals surface area contributed by atoms with E-state index in [1.807, 2.05) is 0 Å². The first-order chi connectivity index (χ1) is 7.64. The van der Waals surface area contributed by atoms with Crippen molar-refractivity contribution in [1.82, 2.24) is 10.2 Å². The molecule has 6 heteroatoms. The summed E-state index contributed by atoms with van der Waals surface area (Å²) in [5.41, 5.74) is 0.104. The topological polar surface area (TPSA) is 50.8 Å². The van der Waals surface area contributed by atoms with Crippen molar-refractivity contribution < 1.29 is 14.3 Å². The number of carbonyl (C=O) groups excluding carboxylic acids is 1. The second kappa shape index (κ2) is 6.00. The van der Waals surface area contributed by atoms with Gasteiger partial charge in [-0.05, 0) is 0 Å². The molecule has 0 aromatic carbocycles. The van der Waals surface area contributed by atoms with E-state index in [1.165, 1.54) is 0 Å². The summed E-state index contributed by atoms with van der Waals surface area (Å²) in [5.74, 6) is 0.555. The molecule has 0 aliphatic carbocycles. The molecule has 0 aromatic rings. The zero-order chi connectivity index (χ0) is 11.6. The Labute approximate surface area is 108 Å². The highest BCUT2D eigenvalue weighted by Crippen LogP contribution is 2.37. The Morgan fingerprint density at radius 1 is 1.59 bits per heavy atom. The van der Waals surface area contributed by atoms with E-state index in [4.69, 9.17) is 9.47 Å². The summed E-state index contributed by atoms with van der Waals surface area (Å²) in [4.78, 5) is 12.9. The molecule has 0 radical (unpaired) electrons. The summed E-state index contributed by atoms with van der Waals surface area (Å²) in [6, 6.07) is 0. The lowest BCUT2D eigenvalue weighted by Gasteiger charge is -2.26. The Balaban J connectivity index is 0.00000144. The maximum Gasteiger partial charge on any atom is 0.248 e. The summed E-state index contributed by atoms with van der Waals surface area (Å²) in [6.07, 6.45) is 0. The molecule has 5 nitrogen and oxygen atoms in total. The fourth-order valence-electron chi connectivity index (χ4n) is 2.35. The van der Waals surface area contributed by atoms with Gasteiger partial charge in [0.2, 0.25) is 5.91 Å². The van der Waals surface area contributed by atoms with Gasteiger partial charge in [0.25, 0.3) is 0 Å². The maximum absolute atomic E-state index is 11.4. The van der Waals surface area contributed by atoms with Crippen LogP contribution in [0, 0.1) is 11.3 Å². The third-order valence-corrected chi connectivity index (χ3v) is 3.56. The summed E-state index contributed by atoms with van der Waals surface area (Å²) in [7, 11) is 3.48. The molecule has 1 amide bonds. The van der Waals surface area contributed by atoms with Gasteiger partial charge in [0.05, 0.1) is 19.8 Å². The minimum atomic E-state index is 0. The molecule has 0 unspecified atom stereocenters. The second-order valence-corrected chi connectivity index (χ2v) is 4.99. The van der Waals surface area contributed by atoms with Crippen molar-refractivity contribution in [3.63, 3.8) is 0 Å². The highest BCUT2D eigenvalue weighted by atomic mass is 35.5. The van der Waals surface area contributed by atoms with Crippen molar-refractivity contribution in [3.8, 4) is 0 Å². The van der Waals surface area contributed by atoms with Crippen molar-refractivity contribution in [3.05, 3.63) is 0 Å². The minimum Gasteiger partial charge on any atom is -0.380 e. The van der Waals surface area contributed by atoms with E-state index in [9.17, 15) is 4.79 Å². The molecule has 2 saturated heterocycles. The Bertz CT molecular complexity index is 263. The standard InChI is InChI=1S/C11H20N2O3.ClH/c1-13(2)10(14)5-16-8-11-6-12-3-9(11)4-15-7-11;/h9,12H,3-8H2,1-2H3;1H/t9-,11+;/m1./s1. The first-order valence-electron chi connectivity index (χ1n) is 5.70. The van der Waals surface area contributed by atoms with Gasteiger partial charge in [-0.25, -0.2) is 0 Å². The molecule has 0 bridgehead atoms. The van der Waals surface area contributed by atoms with Crippen LogP contribution in [0.25, 0.3) is 0 Å². The van der Waals surface area contributed by atoms with Gasteiger partial charge in [0.15, 0.2) is 0 Å². The molecule has 0 aromatic heterocycles. The molecule has 100 valence electrons. The van der Waals surface area contributed by atoms with E-state index in [2.05, 4.69) is 5.32 Å². The van der Waals surface area contributed by atoms with E-state index in [-0.39, 0.29) is 30.3 Å². The Morgan fingerprint density at radius 3 is 3.06 bits per heavy atom. The van der Waals surface area contributed by atoms with E-state index >= 15 is 0 Å². The van der Waals surface area contributed by atoms with E-state index in [1.54, 1.807) is 19.0 Å². The van der Waals surface area contributed by atoms with Gasteiger partial charge in [-0.3, -0.25) is 4.79 Å². The first-order valence-corrected chi connectivity index (χ1v) is 5.70. The van der Waals surface area contributed by atoms with Crippen molar-refractivity contribution in [2.24, 2.45) is 11.3 Å². The Morgan fingerprint density at radius 2 is 2.35 bits per heavy atom. The van der Waals surface area contributed by atoms with Crippen LogP contribution in [0.4, 0.5) is 0 Å². The van der Waals surface area contributed by atoms with E-state index < -0.39 is 0 Å². The smallest absolute Gasteiger partial charge is 0.248 e. The van der Waals surface area contributed by atoms with Crippen LogP contribution >= 0.6 is 12.4 Å². The molecular formula is C11H21ClN2O3. The molecule has 2 rings (SSSR count). The van der Waals surface area contributed by atoms with Crippen LogP contribution in [-0.2, 0) is 14.3 Å². The molecule has 2 fully saturated rings. The quantitative estimate of drug-likeness (QED) is 0.761. The molecule has 0 spiro atoms. The van der Waals surface area contributed by atoms with Crippen LogP contribution in [0.1, 0.15) is 0 Å². The van der Waals surface area contributed by atoms with Gasteiger partial charge in [-0.2, -0.15) is 0 Å². The van der Waals surface area contributed by atoms with Crippen LogP contribution in [0.15, 0.2) is 0 Å². The fourth-order valence-corrected chi connectivity index (χ4v) is 2.35. The van der Waals surface area contributed by atoms with E-state index in [0.29, 0.717) is 12.5 Å². The lowest BCUT2D eigenvalue weighted by Crippen LogP contribution is -2.36. The van der Waals surface area contributed by atoms with Gasteiger partial charge < -0.3 is 19.7 Å². The van der Waals surface area contributed by atoms with Gasteiger partial charge in [0.1, 0.15) is 6.61 Å². The Kier molecular flexibility index (Phi) is 5.19. The average molecular weight is 265 g/mol. The molecular weight excluding hydrogens is 244 g/mol. The highest BCUT2D eigenvalue weighted by molar-refractivity contribution is 5.85. The molecule has 2 aliphatic rings. The van der Waals surface area contributed by atoms with Crippen LogP contribution in [0.3, 0.4) is 0 Å². The van der Waals surface area contributed by atoms with Crippen LogP contribution in [-0.4, -0.2) is 64.4 Å². The maximum atomic E-state index is 11.4. The molecule has 0 saturated carbocycles. The predicted octanol–water partition coefficient (Wildman–Crippen LogP) is -0.251. The summed E-state index contributed by atoms with van der Waals surface area (Å²) >= 11 is 0. The number of amides is 1. The molecule has 2 aliphatic heterocycles. The lowest BCUT2D eigenvalue weighted by molar-refractivity contribution is -0.134. The summed E-state index contributed by atoms with van der Waals surface area (Å²) in [6.45, 7) is 4.29. The van der Waals surface area contributed by atoms with Crippen molar-refractivity contribution in [2.75, 3.05) is 53.6 Å². The fraction of sp³-hybridized carbons (Fsp3) is 0.909. The summed E-state index contributed by atoms with van der Waals surface area (Å²) < 4.78 is 11.0. The third-order valence-electron chi connectivity index (χ3n) is 3.56. The minimum absolute atomic E-state index is 0. The van der Waals surface area contributed by atoms with E-state index in [0.717, 1.165) is 26.3 Å². The SMILES string of the molecule is CN(C)C(=O)COC[C@@]12CNC[C@@H]1COC2.Cl. The molecule has 2 atom stereocenters. The predicted molar refractivity (Wildman–Crippen MR) is 66.4 cm³/mol. The zero-order valence-corrected chi connectivity index (χ0v) is 11.2. The largest absolute Gasteiger partial charge is 0.380 e. The van der Waals surface area contributed by atoms with Gasteiger partial charge in [-0.15, -0.1) is 12.4 Å².